The summed E-state index contributed by atoms with van der Waals surface area (Å²) in [6.07, 6.45) is 2.65. The van der Waals surface area contributed by atoms with Crippen LogP contribution in [0.3, 0.4) is 0 Å². The van der Waals surface area contributed by atoms with Gasteiger partial charge in [0.25, 0.3) is 0 Å². The number of carboxylic acid groups (broad SMARTS) is 1. The van der Waals surface area contributed by atoms with E-state index in [1.807, 2.05) is 31.3 Å². The van der Waals surface area contributed by atoms with E-state index in [0.29, 0.717) is 5.69 Å². The Bertz CT molecular complexity index is 502. The van der Waals surface area contributed by atoms with Crippen LogP contribution in [-0.2, 0) is 6.42 Å². The average molecular weight is 229 g/mol. The van der Waals surface area contributed by atoms with Gasteiger partial charge in [-0.15, -0.1) is 0 Å². The van der Waals surface area contributed by atoms with Gasteiger partial charge in [0, 0.05) is 12.2 Å². The molecule has 0 fully saturated rings. The van der Waals surface area contributed by atoms with Crippen molar-refractivity contribution in [1.82, 2.24) is 4.57 Å². The van der Waals surface area contributed by atoms with E-state index in [-0.39, 0.29) is 6.04 Å². The molecule has 0 amide bonds. The van der Waals surface area contributed by atoms with Crippen LogP contribution in [0.15, 0.2) is 48.7 Å². The maximum absolute atomic E-state index is 11.0. The SMILES string of the molecule is CC(Cc1ccccc1)n1cccc1C(=O)O. The van der Waals surface area contributed by atoms with Crippen molar-refractivity contribution in [3.63, 3.8) is 0 Å². The fraction of sp³-hybridized carbons (Fsp3) is 0.214. The summed E-state index contributed by atoms with van der Waals surface area (Å²) in [7, 11) is 0. The maximum atomic E-state index is 11.0. The normalized spacial score (nSPS) is 12.3. The molecular weight excluding hydrogens is 214 g/mol. The lowest BCUT2D eigenvalue weighted by Crippen LogP contribution is -2.13. The summed E-state index contributed by atoms with van der Waals surface area (Å²) in [5.74, 6) is -0.880. The average Bonchev–Trinajstić information content (AvgIpc) is 2.79. The molecule has 0 bridgehead atoms. The highest BCUT2D eigenvalue weighted by Gasteiger charge is 2.13. The standard InChI is InChI=1S/C14H15NO2/c1-11(10-12-6-3-2-4-7-12)15-9-5-8-13(15)14(16)17/h2-9,11H,10H2,1H3,(H,16,17). The van der Waals surface area contributed by atoms with Crippen LogP contribution in [0, 0.1) is 0 Å². The Morgan fingerprint density at radius 3 is 2.59 bits per heavy atom. The first-order valence-corrected chi connectivity index (χ1v) is 5.62. The number of carboxylic acids is 1. The van der Waals surface area contributed by atoms with Crippen molar-refractivity contribution in [2.75, 3.05) is 0 Å². The predicted octanol–water partition coefficient (Wildman–Crippen LogP) is 2.99. The van der Waals surface area contributed by atoms with Crippen LogP contribution in [-0.4, -0.2) is 15.6 Å². The number of aromatic nitrogens is 1. The van der Waals surface area contributed by atoms with E-state index < -0.39 is 5.97 Å². The molecule has 0 aliphatic carbocycles. The van der Waals surface area contributed by atoms with Crippen molar-refractivity contribution < 1.29 is 9.90 Å². The molecule has 3 heteroatoms. The zero-order chi connectivity index (χ0) is 12.3. The molecule has 0 radical (unpaired) electrons. The lowest BCUT2D eigenvalue weighted by atomic mass is 10.1. The Morgan fingerprint density at radius 2 is 1.94 bits per heavy atom. The number of benzene rings is 1. The number of carbonyl (C=O) groups is 1. The molecule has 2 rings (SSSR count). The van der Waals surface area contributed by atoms with Gasteiger partial charge in [0.15, 0.2) is 0 Å². The van der Waals surface area contributed by atoms with Crippen molar-refractivity contribution >= 4 is 5.97 Å². The minimum absolute atomic E-state index is 0.137. The summed E-state index contributed by atoms with van der Waals surface area (Å²) >= 11 is 0. The summed E-state index contributed by atoms with van der Waals surface area (Å²) in [5, 5.41) is 9.05. The third-order valence-electron chi connectivity index (χ3n) is 2.85. The molecule has 1 heterocycles. The second kappa shape index (κ2) is 4.87. The Labute approximate surface area is 100 Å². The fourth-order valence-corrected chi connectivity index (χ4v) is 2.01. The van der Waals surface area contributed by atoms with E-state index in [9.17, 15) is 4.79 Å². The van der Waals surface area contributed by atoms with Crippen molar-refractivity contribution in [1.29, 1.82) is 0 Å². The molecule has 88 valence electrons. The number of hydrogen-bond acceptors (Lipinski definition) is 1. The number of aromatic carboxylic acids is 1. The van der Waals surface area contributed by atoms with Crippen LogP contribution in [0.1, 0.15) is 29.0 Å². The van der Waals surface area contributed by atoms with Crippen molar-refractivity contribution in [2.45, 2.75) is 19.4 Å². The molecule has 3 nitrogen and oxygen atoms in total. The zero-order valence-electron chi connectivity index (χ0n) is 9.71. The third kappa shape index (κ3) is 2.56. The molecule has 1 aromatic heterocycles. The van der Waals surface area contributed by atoms with Crippen LogP contribution in [0.4, 0.5) is 0 Å². The molecule has 0 saturated heterocycles. The molecule has 0 saturated carbocycles. The van der Waals surface area contributed by atoms with Gasteiger partial charge in [0.1, 0.15) is 5.69 Å². The van der Waals surface area contributed by atoms with E-state index >= 15 is 0 Å². The lowest BCUT2D eigenvalue weighted by molar-refractivity contribution is 0.0683. The third-order valence-corrected chi connectivity index (χ3v) is 2.85. The highest BCUT2D eigenvalue weighted by molar-refractivity contribution is 5.85. The first kappa shape index (κ1) is 11.5. The molecule has 0 aliphatic rings. The van der Waals surface area contributed by atoms with Gasteiger partial charge in [-0.25, -0.2) is 4.79 Å². The smallest absolute Gasteiger partial charge is 0.352 e. The first-order chi connectivity index (χ1) is 8.18. The van der Waals surface area contributed by atoms with Gasteiger partial charge in [-0.2, -0.15) is 0 Å². The Hall–Kier alpha value is -2.03. The van der Waals surface area contributed by atoms with Gasteiger partial charge < -0.3 is 9.67 Å². The maximum Gasteiger partial charge on any atom is 0.352 e. The van der Waals surface area contributed by atoms with Gasteiger partial charge in [-0.05, 0) is 31.0 Å². The van der Waals surface area contributed by atoms with Gasteiger partial charge >= 0.3 is 5.97 Å². The van der Waals surface area contributed by atoms with E-state index in [0.717, 1.165) is 6.42 Å². The van der Waals surface area contributed by atoms with Crippen molar-refractivity contribution in [3.8, 4) is 0 Å². The molecule has 17 heavy (non-hydrogen) atoms. The summed E-state index contributed by atoms with van der Waals surface area (Å²) in [4.78, 5) is 11.0. The van der Waals surface area contributed by atoms with Gasteiger partial charge in [-0.3, -0.25) is 0 Å². The highest BCUT2D eigenvalue weighted by Crippen LogP contribution is 2.16. The zero-order valence-corrected chi connectivity index (χ0v) is 9.71. The monoisotopic (exact) mass is 229 g/mol. The molecule has 1 N–H and O–H groups in total. The van der Waals surface area contributed by atoms with E-state index in [2.05, 4.69) is 12.1 Å². The molecule has 0 aliphatic heterocycles. The van der Waals surface area contributed by atoms with Gasteiger partial charge in [-0.1, -0.05) is 30.3 Å². The lowest BCUT2D eigenvalue weighted by Gasteiger charge is -2.15. The van der Waals surface area contributed by atoms with Crippen LogP contribution >= 0.6 is 0 Å². The first-order valence-electron chi connectivity index (χ1n) is 5.62. The van der Waals surface area contributed by atoms with Crippen LogP contribution in [0.25, 0.3) is 0 Å². The predicted molar refractivity (Wildman–Crippen MR) is 66.2 cm³/mol. The van der Waals surface area contributed by atoms with Crippen molar-refractivity contribution in [3.05, 3.63) is 59.9 Å². The molecule has 1 unspecified atom stereocenters. The van der Waals surface area contributed by atoms with Crippen LogP contribution in [0.5, 0.6) is 0 Å². The van der Waals surface area contributed by atoms with E-state index in [4.69, 9.17) is 5.11 Å². The molecule has 0 spiro atoms. The second-order valence-electron chi connectivity index (χ2n) is 4.14. The van der Waals surface area contributed by atoms with E-state index in [1.54, 1.807) is 16.7 Å². The Morgan fingerprint density at radius 1 is 1.24 bits per heavy atom. The summed E-state index contributed by atoms with van der Waals surface area (Å²) in [6.45, 7) is 2.03. The minimum Gasteiger partial charge on any atom is -0.477 e. The highest BCUT2D eigenvalue weighted by atomic mass is 16.4. The van der Waals surface area contributed by atoms with E-state index in [1.165, 1.54) is 5.56 Å². The number of rotatable bonds is 4. The minimum atomic E-state index is -0.880. The Kier molecular flexibility index (Phi) is 3.28. The molecular formula is C14H15NO2. The fourth-order valence-electron chi connectivity index (χ4n) is 2.01. The number of hydrogen-bond donors (Lipinski definition) is 1. The van der Waals surface area contributed by atoms with Crippen LogP contribution < -0.4 is 0 Å². The topological polar surface area (TPSA) is 42.2 Å². The van der Waals surface area contributed by atoms with Crippen LogP contribution in [0.2, 0.25) is 0 Å². The summed E-state index contributed by atoms with van der Waals surface area (Å²) in [5.41, 5.74) is 1.55. The Balaban J connectivity index is 2.17. The number of nitrogens with zero attached hydrogens (tertiary/aromatic N) is 1. The van der Waals surface area contributed by atoms with Crippen molar-refractivity contribution in [2.24, 2.45) is 0 Å². The van der Waals surface area contributed by atoms with Gasteiger partial charge in [0.05, 0.1) is 0 Å². The molecule has 1 atom stereocenters. The molecule has 1 aromatic carbocycles. The summed E-state index contributed by atoms with van der Waals surface area (Å²) < 4.78 is 1.80. The largest absolute Gasteiger partial charge is 0.477 e. The second-order valence-corrected chi connectivity index (χ2v) is 4.14. The van der Waals surface area contributed by atoms with Gasteiger partial charge in [0.2, 0.25) is 0 Å². The summed E-state index contributed by atoms with van der Waals surface area (Å²) in [6, 6.07) is 13.6. The molecule has 2 aromatic rings. The quantitative estimate of drug-likeness (QED) is 0.875.